The van der Waals surface area contributed by atoms with Crippen molar-refractivity contribution < 1.29 is 9.47 Å². The highest BCUT2D eigenvalue weighted by molar-refractivity contribution is 5.43. The van der Waals surface area contributed by atoms with Gasteiger partial charge in [-0.25, -0.2) is 0 Å². The summed E-state index contributed by atoms with van der Waals surface area (Å²) in [4.78, 5) is 0. The molecule has 2 nitrogen and oxygen atoms in total. The largest absolute Gasteiger partial charge is 0.497 e. The maximum Gasteiger partial charge on any atom is 0.122 e. The van der Waals surface area contributed by atoms with E-state index in [-0.39, 0.29) is 10.8 Å². The van der Waals surface area contributed by atoms with Crippen LogP contribution in [0, 0.1) is 0 Å². The summed E-state index contributed by atoms with van der Waals surface area (Å²) in [6, 6.07) is 15.0. The lowest BCUT2D eigenvalue weighted by molar-refractivity contribution is 0.396. The van der Waals surface area contributed by atoms with Crippen molar-refractivity contribution >= 4 is 0 Å². The van der Waals surface area contributed by atoms with Gasteiger partial charge in [0.05, 0.1) is 14.2 Å². The Hall–Kier alpha value is -1.96. The Bertz CT molecular complexity index is 693. The van der Waals surface area contributed by atoms with Crippen molar-refractivity contribution in [2.45, 2.75) is 51.9 Å². The van der Waals surface area contributed by atoms with Crippen LogP contribution in [-0.2, 0) is 17.3 Å². The average Bonchev–Trinajstić information content (AvgIpc) is 2.53. The van der Waals surface area contributed by atoms with Crippen LogP contribution < -0.4 is 9.47 Å². The third-order valence-corrected chi connectivity index (χ3v) is 4.57. The molecule has 0 saturated heterocycles. The SMILES string of the molecule is COc1cccc(C(C)(C)Cc2ccc(C(C)(C)C)c(OC)c2)c1. The second-order valence-electron chi connectivity index (χ2n) is 8.08. The summed E-state index contributed by atoms with van der Waals surface area (Å²) in [5.74, 6) is 1.88. The molecule has 0 saturated carbocycles. The van der Waals surface area contributed by atoms with Gasteiger partial charge in [-0.05, 0) is 52.1 Å². The molecule has 0 radical (unpaired) electrons. The van der Waals surface area contributed by atoms with Gasteiger partial charge in [0.25, 0.3) is 0 Å². The quantitative estimate of drug-likeness (QED) is 0.720. The Kier molecular flexibility index (Phi) is 5.27. The van der Waals surface area contributed by atoms with Gasteiger partial charge in [-0.1, -0.05) is 58.9 Å². The Morgan fingerprint density at radius 2 is 1.54 bits per heavy atom. The van der Waals surface area contributed by atoms with E-state index in [0.717, 1.165) is 17.9 Å². The summed E-state index contributed by atoms with van der Waals surface area (Å²) in [6.45, 7) is 11.2. The zero-order chi connectivity index (χ0) is 18.0. The topological polar surface area (TPSA) is 18.5 Å². The zero-order valence-electron chi connectivity index (χ0n) is 16.1. The van der Waals surface area contributed by atoms with Crippen LogP contribution in [0.4, 0.5) is 0 Å². The lowest BCUT2D eigenvalue weighted by Gasteiger charge is -2.27. The van der Waals surface area contributed by atoms with E-state index >= 15 is 0 Å². The van der Waals surface area contributed by atoms with E-state index in [9.17, 15) is 0 Å². The van der Waals surface area contributed by atoms with Crippen molar-refractivity contribution in [3.8, 4) is 11.5 Å². The van der Waals surface area contributed by atoms with Crippen LogP contribution in [0.1, 0.15) is 51.3 Å². The van der Waals surface area contributed by atoms with Crippen LogP contribution >= 0.6 is 0 Å². The van der Waals surface area contributed by atoms with Gasteiger partial charge in [0.1, 0.15) is 11.5 Å². The van der Waals surface area contributed by atoms with Gasteiger partial charge >= 0.3 is 0 Å². The molecule has 2 aromatic rings. The van der Waals surface area contributed by atoms with Crippen molar-refractivity contribution in [3.63, 3.8) is 0 Å². The minimum atomic E-state index is 0.0167. The summed E-state index contributed by atoms with van der Waals surface area (Å²) in [6.07, 6.45) is 0.945. The number of hydrogen-bond acceptors (Lipinski definition) is 2. The average molecular weight is 326 g/mol. The molecule has 24 heavy (non-hydrogen) atoms. The molecule has 0 unspecified atom stereocenters. The molecular weight excluding hydrogens is 296 g/mol. The fourth-order valence-electron chi connectivity index (χ4n) is 3.12. The number of methoxy groups -OCH3 is 2. The monoisotopic (exact) mass is 326 g/mol. The predicted octanol–water partition coefficient (Wildman–Crippen LogP) is 5.52. The lowest BCUT2D eigenvalue weighted by atomic mass is 9.78. The first-order valence-electron chi connectivity index (χ1n) is 8.49. The molecule has 0 heterocycles. The lowest BCUT2D eigenvalue weighted by Crippen LogP contribution is -2.21. The smallest absolute Gasteiger partial charge is 0.122 e. The molecule has 0 aromatic heterocycles. The molecule has 0 aliphatic rings. The van der Waals surface area contributed by atoms with Gasteiger partial charge < -0.3 is 9.47 Å². The molecular formula is C22H30O2. The van der Waals surface area contributed by atoms with Crippen molar-refractivity contribution in [3.05, 3.63) is 59.2 Å². The molecule has 0 aliphatic carbocycles. The Labute approximate surface area is 146 Å². The maximum atomic E-state index is 5.65. The van der Waals surface area contributed by atoms with Crippen molar-refractivity contribution in [1.82, 2.24) is 0 Å². The van der Waals surface area contributed by atoms with E-state index in [1.54, 1.807) is 14.2 Å². The van der Waals surface area contributed by atoms with Gasteiger partial charge in [0.15, 0.2) is 0 Å². The first-order valence-corrected chi connectivity index (χ1v) is 8.49. The Balaban J connectivity index is 2.32. The summed E-state index contributed by atoms with van der Waals surface area (Å²) in [7, 11) is 3.46. The standard InChI is InChI=1S/C22H30O2/c1-21(2,3)19-12-11-16(13-20(19)24-7)15-22(4,5)17-9-8-10-18(14-17)23-6/h8-14H,15H2,1-7H3. The minimum Gasteiger partial charge on any atom is -0.497 e. The van der Waals surface area contributed by atoms with Crippen LogP contribution in [0.2, 0.25) is 0 Å². The molecule has 0 bridgehead atoms. The minimum absolute atomic E-state index is 0.0167. The Morgan fingerprint density at radius 3 is 2.12 bits per heavy atom. The van der Waals surface area contributed by atoms with Crippen molar-refractivity contribution in [1.29, 1.82) is 0 Å². The van der Waals surface area contributed by atoms with Crippen LogP contribution in [0.25, 0.3) is 0 Å². The second-order valence-corrected chi connectivity index (χ2v) is 8.08. The number of hydrogen-bond donors (Lipinski definition) is 0. The first kappa shape index (κ1) is 18.4. The maximum absolute atomic E-state index is 5.65. The van der Waals surface area contributed by atoms with E-state index in [4.69, 9.17) is 9.47 Å². The molecule has 0 spiro atoms. The van der Waals surface area contributed by atoms with Gasteiger partial charge in [0, 0.05) is 0 Å². The van der Waals surface area contributed by atoms with Crippen LogP contribution in [0.5, 0.6) is 11.5 Å². The molecule has 2 rings (SSSR count). The van der Waals surface area contributed by atoms with E-state index in [1.165, 1.54) is 16.7 Å². The normalized spacial score (nSPS) is 12.1. The fourth-order valence-corrected chi connectivity index (χ4v) is 3.12. The third-order valence-electron chi connectivity index (χ3n) is 4.57. The molecule has 2 heteroatoms. The van der Waals surface area contributed by atoms with Gasteiger partial charge in [-0.3, -0.25) is 0 Å². The molecule has 0 atom stereocenters. The first-order chi connectivity index (χ1) is 11.2. The highest BCUT2D eigenvalue weighted by Gasteiger charge is 2.24. The summed E-state index contributed by atoms with van der Waals surface area (Å²) >= 11 is 0. The molecule has 0 aliphatic heterocycles. The van der Waals surface area contributed by atoms with E-state index < -0.39 is 0 Å². The zero-order valence-corrected chi connectivity index (χ0v) is 16.1. The number of benzene rings is 2. The predicted molar refractivity (Wildman–Crippen MR) is 101 cm³/mol. The van der Waals surface area contributed by atoms with Gasteiger partial charge in [-0.2, -0.15) is 0 Å². The van der Waals surface area contributed by atoms with Crippen LogP contribution in [0.15, 0.2) is 42.5 Å². The number of ether oxygens (including phenoxy) is 2. The highest BCUT2D eigenvalue weighted by Crippen LogP contribution is 2.35. The summed E-state index contributed by atoms with van der Waals surface area (Å²) in [5, 5.41) is 0. The van der Waals surface area contributed by atoms with E-state index in [0.29, 0.717) is 0 Å². The molecule has 0 amide bonds. The Morgan fingerprint density at radius 1 is 0.833 bits per heavy atom. The fraction of sp³-hybridized carbons (Fsp3) is 0.455. The summed E-state index contributed by atoms with van der Waals surface area (Å²) in [5.41, 5.74) is 3.90. The number of rotatable bonds is 5. The summed E-state index contributed by atoms with van der Waals surface area (Å²) < 4.78 is 11.0. The van der Waals surface area contributed by atoms with Crippen molar-refractivity contribution in [2.24, 2.45) is 0 Å². The van der Waals surface area contributed by atoms with Crippen LogP contribution in [-0.4, -0.2) is 14.2 Å². The molecule has 0 fully saturated rings. The van der Waals surface area contributed by atoms with Gasteiger partial charge in [-0.15, -0.1) is 0 Å². The molecule has 130 valence electrons. The van der Waals surface area contributed by atoms with Crippen molar-refractivity contribution in [2.75, 3.05) is 14.2 Å². The molecule has 2 aromatic carbocycles. The van der Waals surface area contributed by atoms with E-state index in [1.807, 2.05) is 6.07 Å². The third kappa shape index (κ3) is 4.11. The highest BCUT2D eigenvalue weighted by atomic mass is 16.5. The van der Waals surface area contributed by atoms with E-state index in [2.05, 4.69) is 71.0 Å². The van der Waals surface area contributed by atoms with Crippen LogP contribution in [0.3, 0.4) is 0 Å². The second kappa shape index (κ2) is 6.88. The molecule has 0 N–H and O–H groups in total. The van der Waals surface area contributed by atoms with Gasteiger partial charge in [0.2, 0.25) is 0 Å².